The number of aryl methyl sites for hydroxylation is 1. The van der Waals surface area contributed by atoms with E-state index in [1.807, 2.05) is 36.5 Å². The SMILES string of the molecule is Cc1cc(N2CCN(c3ccc4ncnc(N(C)C)c4c3)CC2)n2nccc2n1. The van der Waals surface area contributed by atoms with Gasteiger partial charge in [-0.1, -0.05) is 0 Å². The van der Waals surface area contributed by atoms with E-state index in [0.717, 1.165) is 60.1 Å². The predicted octanol–water partition coefficient (Wildman–Crippen LogP) is 2.37. The Kier molecular flexibility index (Phi) is 4.19. The van der Waals surface area contributed by atoms with Gasteiger partial charge in [-0.15, -0.1) is 0 Å². The van der Waals surface area contributed by atoms with Crippen LogP contribution in [0.3, 0.4) is 0 Å². The van der Waals surface area contributed by atoms with Gasteiger partial charge in [-0.25, -0.2) is 15.0 Å². The van der Waals surface area contributed by atoms with Crippen molar-refractivity contribution in [3.63, 3.8) is 0 Å². The molecule has 8 heteroatoms. The van der Waals surface area contributed by atoms with E-state index < -0.39 is 0 Å². The Hall–Kier alpha value is -3.42. The molecule has 148 valence electrons. The van der Waals surface area contributed by atoms with Crippen molar-refractivity contribution in [2.45, 2.75) is 6.92 Å². The summed E-state index contributed by atoms with van der Waals surface area (Å²) in [5.74, 6) is 2.06. The molecule has 0 bridgehead atoms. The highest BCUT2D eigenvalue weighted by Crippen LogP contribution is 2.28. The highest BCUT2D eigenvalue weighted by molar-refractivity contribution is 5.91. The lowest BCUT2D eigenvalue weighted by Gasteiger charge is -2.37. The van der Waals surface area contributed by atoms with E-state index >= 15 is 0 Å². The maximum atomic E-state index is 4.55. The van der Waals surface area contributed by atoms with Crippen LogP contribution >= 0.6 is 0 Å². The van der Waals surface area contributed by atoms with Crippen LogP contribution in [0.15, 0.2) is 42.9 Å². The lowest BCUT2D eigenvalue weighted by Crippen LogP contribution is -2.47. The van der Waals surface area contributed by atoms with E-state index in [9.17, 15) is 0 Å². The molecule has 0 spiro atoms. The van der Waals surface area contributed by atoms with Crippen molar-refractivity contribution in [1.82, 2.24) is 24.6 Å². The molecule has 29 heavy (non-hydrogen) atoms. The molecule has 5 rings (SSSR count). The molecule has 1 aromatic carbocycles. The van der Waals surface area contributed by atoms with E-state index in [2.05, 4.69) is 54.1 Å². The molecule has 3 aromatic heterocycles. The summed E-state index contributed by atoms with van der Waals surface area (Å²) in [5, 5.41) is 5.54. The fourth-order valence-electron chi connectivity index (χ4n) is 4.02. The van der Waals surface area contributed by atoms with Gasteiger partial charge in [0, 0.05) is 69.2 Å². The number of nitrogens with zero attached hydrogens (tertiary/aromatic N) is 8. The minimum Gasteiger partial charge on any atom is -0.368 e. The van der Waals surface area contributed by atoms with E-state index in [1.165, 1.54) is 5.69 Å². The number of rotatable bonds is 3. The van der Waals surface area contributed by atoms with Crippen LogP contribution in [-0.2, 0) is 0 Å². The van der Waals surface area contributed by atoms with Crippen LogP contribution in [0.4, 0.5) is 17.3 Å². The number of hydrogen-bond donors (Lipinski definition) is 0. The summed E-state index contributed by atoms with van der Waals surface area (Å²) in [7, 11) is 4.03. The highest BCUT2D eigenvalue weighted by atomic mass is 15.4. The van der Waals surface area contributed by atoms with Crippen molar-refractivity contribution in [1.29, 1.82) is 0 Å². The first kappa shape index (κ1) is 17.7. The Morgan fingerprint density at radius 2 is 1.72 bits per heavy atom. The molecule has 1 aliphatic heterocycles. The van der Waals surface area contributed by atoms with Gasteiger partial charge in [0.05, 0.1) is 11.7 Å². The third-order valence-corrected chi connectivity index (χ3v) is 5.46. The summed E-state index contributed by atoms with van der Waals surface area (Å²) >= 11 is 0. The highest BCUT2D eigenvalue weighted by Gasteiger charge is 2.21. The standard InChI is InChI=1S/C21H24N8/c1-15-12-20(29-19(25-15)6-7-24-29)28-10-8-27(9-11-28)16-4-5-18-17(13-16)21(26(2)3)23-14-22-18/h4-7,12-14H,8-11H2,1-3H3. The van der Waals surface area contributed by atoms with Crippen LogP contribution in [0.5, 0.6) is 0 Å². The molecule has 4 aromatic rings. The van der Waals surface area contributed by atoms with Gasteiger partial charge >= 0.3 is 0 Å². The molecule has 0 unspecified atom stereocenters. The monoisotopic (exact) mass is 388 g/mol. The van der Waals surface area contributed by atoms with Crippen molar-refractivity contribution in [3.05, 3.63) is 48.5 Å². The quantitative estimate of drug-likeness (QED) is 0.534. The molecule has 8 nitrogen and oxygen atoms in total. The first-order valence-electron chi connectivity index (χ1n) is 9.83. The Morgan fingerprint density at radius 3 is 2.52 bits per heavy atom. The van der Waals surface area contributed by atoms with Gasteiger partial charge in [-0.05, 0) is 25.1 Å². The number of benzene rings is 1. The van der Waals surface area contributed by atoms with Gasteiger partial charge in [0.15, 0.2) is 5.65 Å². The molecule has 4 heterocycles. The number of aromatic nitrogens is 5. The van der Waals surface area contributed by atoms with E-state index in [0.29, 0.717) is 0 Å². The Bertz CT molecular complexity index is 1170. The van der Waals surface area contributed by atoms with Crippen LogP contribution in [0.25, 0.3) is 16.6 Å². The molecule has 0 atom stereocenters. The van der Waals surface area contributed by atoms with E-state index in [-0.39, 0.29) is 0 Å². The molecule has 0 aliphatic carbocycles. The Morgan fingerprint density at radius 1 is 0.931 bits per heavy atom. The number of piperazine rings is 1. The normalized spacial score (nSPS) is 14.7. The van der Waals surface area contributed by atoms with Crippen molar-refractivity contribution < 1.29 is 0 Å². The average Bonchev–Trinajstić information content (AvgIpc) is 3.20. The lowest BCUT2D eigenvalue weighted by molar-refractivity contribution is 0.638. The summed E-state index contributed by atoms with van der Waals surface area (Å²) in [6.45, 7) is 5.79. The van der Waals surface area contributed by atoms with Crippen molar-refractivity contribution >= 4 is 33.9 Å². The zero-order valence-electron chi connectivity index (χ0n) is 16.9. The molecule has 0 N–H and O–H groups in total. The van der Waals surface area contributed by atoms with Gasteiger partial charge < -0.3 is 14.7 Å². The minimum atomic E-state index is 0.896. The summed E-state index contributed by atoms with van der Waals surface area (Å²) in [5.41, 5.74) is 4.10. The summed E-state index contributed by atoms with van der Waals surface area (Å²) in [6.07, 6.45) is 3.43. The Labute approximate surface area is 169 Å². The molecule has 0 radical (unpaired) electrons. The van der Waals surface area contributed by atoms with Crippen LogP contribution in [0, 0.1) is 6.92 Å². The third kappa shape index (κ3) is 3.10. The van der Waals surface area contributed by atoms with Crippen LogP contribution in [0.2, 0.25) is 0 Å². The first-order valence-corrected chi connectivity index (χ1v) is 9.83. The summed E-state index contributed by atoms with van der Waals surface area (Å²) < 4.78 is 1.93. The summed E-state index contributed by atoms with van der Waals surface area (Å²) in [4.78, 5) is 20.3. The number of hydrogen-bond acceptors (Lipinski definition) is 7. The molecule has 0 amide bonds. The second kappa shape index (κ2) is 6.88. The van der Waals surface area contributed by atoms with Gasteiger partial charge in [-0.3, -0.25) is 0 Å². The van der Waals surface area contributed by atoms with E-state index in [4.69, 9.17) is 0 Å². The van der Waals surface area contributed by atoms with Crippen LogP contribution < -0.4 is 14.7 Å². The maximum Gasteiger partial charge on any atom is 0.157 e. The molecule has 1 fully saturated rings. The second-order valence-electron chi connectivity index (χ2n) is 7.62. The first-order chi connectivity index (χ1) is 14.1. The minimum absolute atomic E-state index is 0.896. The number of anilines is 3. The Balaban J connectivity index is 1.40. The van der Waals surface area contributed by atoms with E-state index in [1.54, 1.807) is 12.5 Å². The van der Waals surface area contributed by atoms with Gasteiger partial charge in [0.25, 0.3) is 0 Å². The lowest BCUT2D eigenvalue weighted by atomic mass is 10.1. The smallest absolute Gasteiger partial charge is 0.157 e. The molecular formula is C21H24N8. The largest absolute Gasteiger partial charge is 0.368 e. The van der Waals surface area contributed by atoms with Gasteiger partial charge in [0.2, 0.25) is 0 Å². The van der Waals surface area contributed by atoms with Gasteiger partial charge in [0.1, 0.15) is 18.0 Å². The van der Waals surface area contributed by atoms with Crippen molar-refractivity contribution in [2.75, 3.05) is 55.0 Å². The molecule has 1 saturated heterocycles. The van der Waals surface area contributed by atoms with Crippen molar-refractivity contribution in [2.24, 2.45) is 0 Å². The summed E-state index contributed by atoms with van der Waals surface area (Å²) in [6, 6.07) is 10.5. The van der Waals surface area contributed by atoms with Crippen LogP contribution in [-0.4, -0.2) is 64.8 Å². The fourth-order valence-corrected chi connectivity index (χ4v) is 4.02. The number of fused-ring (bicyclic) bond motifs is 2. The average molecular weight is 388 g/mol. The second-order valence-corrected chi connectivity index (χ2v) is 7.62. The molecular weight excluding hydrogens is 364 g/mol. The van der Waals surface area contributed by atoms with Crippen LogP contribution in [0.1, 0.15) is 5.69 Å². The van der Waals surface area contributed by atoms with Crippen molar-refractivity contribution in [3.8, 4) is 0 Å². The van der Waals surface area contributed by atoms with Gasteiger partial charge in [-0.2, -0.15) is 9.61 Å². The zero-order valence-corrected chi connectivity index (χ0v) is 16.9. The zero-order chi connectivity index (χ0) is 20.0. The topological polar surface area (TPSA) is 65.7 Å². The molecule has 0 saturated carbocycles. The maximum absolute atomic E-state index is 4.55. The predicted molar refractivity (Wildman–Crippen MR) is 116 cm³/mol. The fraction of sp³-hybridized carbons (Fsp3) is 0.333. The molecule has 1 aliphatic rings. The third-order valence-electron chi connectivity index (χ3n) is 5.46.